The zero-order valence-electron chi connectivity index (χ0n) is 11.1. The number of carbonyl (C=O) groups excluding carboxylic acids is 1. The Morgan fingerprint density at radius 3 is 2.90 bits per heavy atom. The molecule has 0 spiro atoms. The number of nitrogens with zero attached hydrogens (tertiary/aromatic N) is 3. The van der Waals surface area contributed by atoms with E-state index in [4.69, 9.17) is 21.6 Å². The Bertz CT molecular complexity index is 701. The van der Waals surface area contributed by atoms with Gasteiger partial charge in [-0.1, -0.05) is 23.7 Å². The Hall–Kier alpha value is -2.32. The first-order valence-corrected chi connectivity index (χ1v) is 6.26. The molecule has 0 aliphatic rings. The summed E-state index contributed by atoms with van der Waals surface area (Å²) in [6.45, 7) is 1.78. The normalized spacial score (nSPS) is 10.1. The Labute approximate surface area is 121 Å². The van der Waals surface area contributed by atoms with Crippen LogP contribution in [0.1, 0.15) is 27.2 Å². The van der Waals surface area contributed by atoms with Gasteiger partial charge >= 0.3 is 5.97 Å². The summed E-state index contributed by atoms with van der Waals surface area (Å²) in [7, 11) is 1.66. The molecule has 1 heterocycles. The van der Waals surface area contributed by atoms with Crippen molar-refractivity contribution in [3.63, 3.8) is 0 Å². The quantitative estimate of drug-likeness (QED) is 0.815. The number of hydrogen-bond donors (Lipinski definition) is 0. The average Bonchev–Trinajstić information content (AvgIpc) is 2.70. The summed E-state index contributed by atoms with van der Waals surface area (Å²) in [4.78, 5) is 12.0. The van der Waals surface area contributed by atoms with Gasteiger partial charge in [-0.25, -0.2) is 4.79 Å². The highest BCUT2D eigenvalue weighted by Crippen LogP contribution is 2.20. The van der Waals surface area contributed by atoms with Gasteiger partial charge in [-0.05, 0) is 24.6 Å². The molecule has 0 saturated heterocycles. The molecule has 1 aromatic carbocycles. The van der Waals surface area contributed by atoms with E-state index in [9.17, 15) is 4.79 Å². The summed E-state index contributed by atoms with van der Waals surface area (Å²) in [6.07, 6.45) is 0. The molecule has 0 saturated carbocycles. The molecule has 1 aromatic heterocycles. The topological polar surface area (TPSA) is 67.9 Å². The van der Waals surface area contributed by atoms with E-state index < -0.39 is 5.97 Å². The summed E-state index contributed by atoms with van der Waals surface area (Å²) in [5.41, 5.74) is 2.06. The molecule has 20 heavy (non-hydrogen) atoms. The molecule has 0 unspecified atom stereocenters. The van der Waals surface area contributed by atoms with Crippen LogP contribution < -0.4 is 0 Å². The number of rotatable bonds is 3. The van der Waals surface area contributed by atoms with Gasteiger partial charge in [0, 0.05) is 7.05 Å². The third-order valence-electron chi connectivity index (χ3n) is 2.78. The lowest BCUT2D eigenvalue weighted by Crippen LogP contribution is -2.06. The van der Waals surface area contributed by atoms with E-state index in [1.807, 2.05) is 6.07 Å². The second-order valence-electron chi connectivity index (χ2n) is 4.26. The van der Waals surface area contributed by atoms with Gasteiger partial charge < -0.3 is 4.74 Å². The van der Waals surface area contributed by atoms with Crippen molar-refractivity contribution in [2.75, 3.05) is 0 Å². The summed E-state index contributed by atoms with van der Waals surface area (Å²) in [5, 5.41) is 13.1. The monoisotopic (exact) mass is 289 g/mol. The van der Waals surface area contributed by atoms with Crippen LogP contribution in [0, 0.1) is 18.3 Å². The number of aromatic nitrogens is 2. The van der Waals surface area contributed by atoms with Crippen molar-refractivity contribution in [2.45, 2.75) is 13.5 Å². The van der Waals surface area contributed by atoms with Crippen LogP contribution in [0.2, 0.25) is 5.15 Å². The number of nitriles is 1. The third-order valence-corrected chi connectivity index (χ3v) is 3.22. The maximum Gasteiger partial charge on any atom is 0.343 e. The number of ether oxygens (including phenoxy) is 1. The molecule has 2 aromatic rings. The van der Waals surface area contributed by atoms with Gasteiger partial charge in [0.1, 0.15) is 17.3 Å². The van der Waals surface area contributed by atoms with Crippen LogP contribution in [0.5, 0.6) is 0 Å². The van der Waals surface area contributed by atoms with E-state index in [1.54, 1.807) is 38.2 Å². The molecule has 0 radical (unpaired) electrons. The molecule has 0 amide bonds. The number of benzene rings is 1. The number of esters is 1. The van der Waals surface area contributed by atoms with Gasteiger partial charge in [0.05, 0.1) is 17.3 Å². The minimum absolute atomic E-state index is 0.0824. The van der Waals surface area contributed by atoms with E-state index in [0.29, 0.717) is 11.3 Å². The van der Waals surface area contributed by atoms with Gasteiger partial charge in [-0.2, -0.15) is 10.4 Å². The minimum Gasteiger partial charge on any atom is -0.457 e. The largest absolute Gasteiger partial charge is 0.457 e. The molecule has 0 bridgehead atoms. The lowest BCUT2D eigenvalue weighted by molar-refractivity contribution is 0.0472. The van der Waals surface area contributed by atoms with Crippen molar-refractivity contribution < 1.29 is 9.53 Å². The summed E-state index contributed by atoms with van der Waals surface area (Å²) in [5.74, 6) is -0.525. The van der Waals surface area contributed by atoms with E-state index in [-0.39, 0.29) is 17.3 Å². The first-order valence-electron chi connectivity index (χ1n) is 5.88. The van der Waals surface area contributed by atoms with Crippen molar-refractivity contribution in [3.8, 4) is 6.07 Å². The number of aryl methyl sites for hydroxylation is 2. The van der Waals surface area contributed by atoms with Crippen molar-refractivity contribution in [3.05, 3.63) is 51.8 Å². The second-order valence-corrected chi connectivity index (χ2v) is 4.62. The zero-order valence-corrected chi connectivity index (χ0v) is 11.8. The zero-order chi connectivity index (χ0) is 14.7. The molecule has 0 aliphatic heterocycles. The first kappa shape index (κ1) is 14.1. The van der Waals surface area contributed by atoms with E-state index in [2.05, 4.69) is 5.10 Å². The Morgan fingerprint density at radius 2 is 2.30 bits per heavy atom. The second kappa shape index (κ2) is 5.76. The SMILES string of the molecule is Cc1nn(C)c(Cl)c1C(=O)OCc1cccc(C#N)c1. The fourth-order valence-corrected chi connectivity index (χ4v) is 2.07. The highest BCUT2D eigenvalue weighted by Gasteiger charge is 2.20. The van der Waals surface area contributed by atoms with Crippen LogP contribution in [0.25, 0.3) is 0 Å². The summed E-state index contributed by atoms with van der Waals surface area (Å²) >= 11 is 5.99. The molecule has 5 nitrogen and oxygen atoms in total. The molecule has 2 rings (SSSR count). The van der Waals surface area contributed by atoms with Gasteiger partial charge in [-0.15, -0.1) is 0 Å². The van der Waals surface area contributed by atoms with Crippen molar-refractivity contribution >= 4 is 17.6 Å². The van der Waals surface area contributed by atoms with Crippen molar-refractivity contribution in [1.29, 1.82) is 5.26 Å². The molecule has 0 atom stereocenters. The van der Waals surface area contributed by atoms with Gasteiger partial charge in [-0.3, -0.25) is 4.68 Å². The molecule has 0 aliphatic carbocycles. The third kappa shape index (κ3) is 2.81. The maximum atomic E-state index is 12.0. The number of hydrogen-bond acceptors (Lipinski definition) is 4. The molecule has 0 fully saturated rings. The van der Waals surface area contributed by atoms with Crippen molar-refractivity contribution in [1.82, 2.24) is 9.78 Å². The van der Waals surface area contributed by atoms with Crippen LogP contribution >= 0.6 is 11.6 Å². The summed E-state index contributed by atoms with van der Waals surface area (Å²) < 4.78 is 6.62. The Balaban J connectivity index is 2.11. The Kier molecular flexibility index (Phi) is 4.06. The minimum atomic E-state index is -0.525. The highest BCUT2D eigenvalue weighted by molar-refractivity contribution is 6.32. The van der Waals surface area contributed by atoms with E-state index >= 15 is 0 Å². The van der Waals surface area contributed by atoms with Crippen LogP contribution in [0.15, 0.2) is 24.3 Å². The van der Waals surface area contributed by atoms with Crippen LogP contribution in [-0.2, 0) is 18.4 Å². The standard InChI is InChI=1S/C14H12ClN3O2/c1-9-12(13(15)18(2)17-9)14(19)20-8-11-5-3-4-10(6-11)7-16/h3-6H,8H2,1-2H3. The lowest BCUT2D eigenvalue weighted by Gasteiger charge is -2.05. The van der Waals surface area contributed by atoms with Gasteiger partial charge in [0.25, 0.3) is 0 Å². The first-order chi connectivity index (χ1) is 9.52. The van der Waals surface area contributed by atoms with Crippen molar-refractivity contribution in [2.24, 2.45) is 7.05 Å². The predicted molar refractivity (Wildman–Crippen MR) is 73.2 cm³/mol. The predicted octanol–water partition coefficient (Wildman–Crippen LogP) is 2.61. The average molecular weight is 290 g/mol. The molecule has 102 valence electrons. The van der Waals surface area contributed by atoms with E-state index in [1.165, 1.54) is 4.68 Å². The molecule has 6 heteroatoms. The lowest BCUT2D eigenvalue weighted by atomic mass is 10.1. The van der Waals surface area contributed by atoms with Crippen LogP contribution in [-0.4, -0.2) is 15.7 Å². The summed E-state index contributed by atoms with van der Waals surface area (Å²) in [6, 6.07) is 8.92. The van der Waals surface area contributed by atoms with Gasteiger partial charge in [0.15, 0.2) is 0 Å². The van der Waals surface area contributed by atoms with Gasteiger partial charge in [0.2, 0.25) is 0 Å². The number of halogens is 1. The molecular weight excluding hydrogens is 278 g/mol. The maximum absolute atomic E-state index is 12.0. The van der Waals surface area contributed by atoms with E-state index in [0.717, 1.165) is 5.56 Å². The smallest absolute Gasteiger partial charge is 0.343 e. The fourth-order valence-electron chi connectivity index (χ4n) is 1.81. The number of carbonyl (C=O) groups is 1. The fraction of sp³-hybridized carbons (Fsp3) is 0.214. The Morgan fingerprint density at radius 1 is 1.55 bits per heavy atom. The molecule has 0 N–H and O–H groups in total. The van der Waals surface area contributed by atoms with Crippen LogP contribution in [0.3, 0.4) is 0 Å². The highest BCUT2D eigenvalue weighted by atomic mass is 35.5. The molecular formula is C14H12ClN3O2. The van der Waals surface area contributed by atoms with Crippen LogP contribution in [0.4, 0.5) is 0 Å².